The van der Waals surface area contributed by atoms with Gasteiger partial charge in [0, 0.05) is 6.07 Å². The summed E-state index contributed by atoms with van der Waals surface area (Å²) in [5.74, 6) is -0.774. The van der Waals surface area contributed by atoms with E-state index in [0.29, 0.717) is 5.69 Å². The van der Waals surface area contributed by atoms with E-state index in [-0.39, 0.29) is 11.5 Å². The molecule has 6 heteroatoms. The van der Waals surface area contributed by atoms with E-state index < -0.39 is 12.1 Å². The van der Waals surface area contributed by atoms with E-state index in [2.05, 4.69) is 5.10 Å². The third kappa shape index (κ3) is 3.28. The SMILES string of the molecule is CC(=O)C(C)OC(=O)c1cc(-c2cccs2)nn1-c1ccccc1. The summed E-state index contributed by atoms with van der Waals surface area (Å²) >= 11 is 1.54. The predicted octanol–water partition coefficient (Wildman–Crippen LogP) is 3.74. The molecule has 0 aliphatic carbocycles. The van der Waals surface area contributed by atoms with Gasteiger partial charge in [-0.05, 0) is 37.4 Å². The first-order chi connectivity index (χ1) is 11.6. The third-order valence-corrected chi connectivity index (χ3v) is 4.44. The van der Waals surface area contributed by atoms with Gasteiger partial charge < -0.3 is 4.74 Å². The molecule has 0 fully saturated rings. The maximum Gasteiger partial charge on any atom is 0.357 e. The highest BCUT2D eigenvalue weighted by Crippen LogP contribution is 2.26. The summed E-state index contributed by atoms with van der Waals surface area (Å²) in [6.45, 7) is 2.95. The number of thiophene rings is 1. The fourth-order valence-electron chi connectivity index (χ4n) is 2.14. The fraction of sp³-hybridized carbons (Fsp3) is 0.167. The Morgan fingerprint density at radius 3 is 2.54 bits per heavy atom. The number of nitrogens with zero attached hydrogens (tertiary/aromatic N) is 2. The Labute approximate surface area is 143 Å². The molecule has 0 saturated carbocycles. The van der Waals surface area contributed by atoms with Crippen molar-refractivity contribution in [2.45, 2.75) is 20.0 Å². The number of benzene rings is 1. The molecule has 1 aromatic carbocycles. The molecule has 0 spiro atoms. The smallest absolute Gasteiger partial charge is 0.357 e. The first-order valence-corrected chi connectivity index (χ1v) is 8.35. The minimum atomic E-state index is -0.790. The van der Waals surface area contributed by atoms with Crippen molar-refractivity contribution >= 4 is 23.1 Å². The van der Waals surface area contributed by atoms with E-state index in [9.17, 15) is 9.59 Å². The van der Waals surface area contributed by atoms with Crippen LogP contribution in [0.1, 0.15) is 24.3 Å². The van der Waals surface area contributed by atoms with E-state index in [1.54, 1.807) is 29.0 Å². The van der Waals surface area contributed by atoms with E-state index in [0.717, 1.165) is 10.6 Å². The summed E-state index contributed by atoms with van der Waals surface area (Å²) in [6.07, 6.45) is -0.790. The highest BCUT2D eigenvalue weighted by Gasteiger charge is 2.22. The third-order valence-electron chi connectivity index (χ3n) is 3.55. The van der Waals surface area contributed by atoms with Crippen molar-refractivity contribution in [1.82, 2.24) is 9.78 Å². The van der Waals surface area contributed by atoms with Crippen LogP contribution in [0.2, 0.25) is 0 Å². The van der Waals surface area contributed by atoms with Gasteiger partial charge in [-0.25, -0.2) is 9.48 Å². The number of ether oxygens (including phenoxy) is 1. The summed E-state index contributed by atoms with van der Waals surface area (Å²) in [4.78, 5) is 24.8. The Kier molecular flexibility index (Phi) is 4.57. The molecule has 1 atom stereocenters. The van der Waals surface area contributed by atoms with Crippen LogP contribution in [0.3, 0.4) is 0 Å². The maximum atomic E-state index is 12.5. The quantitative estimate of drug-likeness (QED) is 0.664. The second kappa shape index (κ2) is 6.80. The van der Waals surface area contributed by atoms with Gasteiger partial charge in [0.2, 0.25) is 0 Å². The highest BCUT2D eigenvalue weighted by atomic mass is 32.1. The number of aromatic nitrogens is 2. The van der Waals surface area contributed by atoms with Crippen molar-refractivity contribution in [3.8, 4) is 16.3 Å². The largest absolute Gasteiger partial charge is 0.450 e. The lowest BCUT2D eigenvalue weighted by molar-refractivity contribution is -0.124. The number of carbonyl (C=O) groups excluding carboxylic acids is 2. The highest BCUT2D eigenvalue weighted by molar-refractivity contribution is 7.13. The summed E-state index contributed by atoms with van der Waals surface area (Å²) in [5, 5.41) is 6.49. The predicted molar refractivity (Wildman–Crippen MR) is 92.4 cm³/mol. The van der Waals surface area contributed by atoms with Gasteiger partial charge in [0.25, 0.3) is 0 Å². The molecular weight excluding hydrogens is 324 g/mol. The molecule has 0 amide bonds. The molecule has 1 unspecified atom stereocenters. The molecule has 0 saturated heterocycles. The van der Waals surface area contributed by atoms with Crippen molar-refractivity contribution in [2.24, 2.45) is 0 Å². The van der Waals surface area contributed by atoms with Crippen molar-refractivity contribution in [2.75, 3.05) is 0 Å². The summed E-state index contributed by atoms with van der Waals surface area (Å²) < 4.78 is 6.79. The number of carbonyl (C=O) groups is 2. The number of ketones is 1. The van der Waals surface area contributed by atoms with Gasteiger partial charge in [0.05, 0.1) is 10.6 Å². The Hall–Kier alpha value is -2.73. The second-order valence-corrected chi connectivity index (χ2v) is 6.25. The zero-order chi connectivity index (χ0) is 17.1. The molecule has 2 heterocycles. The van der Waals surface area contributed by atoms with Gasteiger partial charge in [-0.2, -0.15) is 5.10 Å². The zero-order valence-electron chi connectivity index (χ0n) is 13.3. The Balaban J connectivity index is 2.03. The molecule has 0 aliphatic rings. The molecule has 3 aromatic rings. The van der Waals surface area contributed by atoms with Gasteiger partial charge in [0.15, 0.2) is 17.6 Å². The monoisotopic (exact) mass is 340 g/mol. The van der Waals surface area contributed by atoms with Crippen LogP contribution < -0.4 is 0 Å². The molecule has 122 valence electrons. The Morgan fingerprint density at radius 2 is 1.92 bits per heavy atom. The van der Waals surface area contributed by atoms with Crippen LogP contribution in [-0.2, 0) is 9.53 Å². The standard InChI is InChI=1S/C18H16N2O3S/c1-12(21)13(2)23-18(22)16-11-15(17-9-6-10-24-17)19-20(16)14-7-4-3-5-8-14/h3-11,13H,1-2H3. The van der Waals surface area contributed by atoms with Crippen LogP contribution in [0.25, 0.3) is 16.3 Å². The van der Waals surface area contributed by atoms with Crippen molar-refractivity contribution < 1.29 is 14.3 Å². The number of hydrogen-bond acceptors (Lipinski definition) is 5. The van der Waals surface area contributed by atoms with Gasteiger partial charge in [-0.1, -0.05) is 24.3 Å². The first-order valence-electron chi connectivity index (χ1n) is 7.47. The lowest BCUT2D eigenvalue weighted by Gasteiger charge is -2.11. The summed E-state index contributed by atoms with van der Waals surface area (Å²) in [6, 6.07) is 14.9. The van der Waals surface area contributed by atoms with Crippen LogP contribution in [0.5, 0.6) is 0 Å². The zero-order valence-corrected chi connectivity index (χ0v) is 14.1. The van der Waals surface area contributed by atoms with E-state index in [1.807, 2.05) is 47.8 Å². The number of rotatable bonds is 5. The number of esters is 1. The molecule has 0 N–H and O–H groups in total. The normalized spacial score (nSPS) is 11.9. The van der Waals surface area contributed by atoms with Gasteiger partial charge in [0.1, 0.15) is 5.69 Å². The molecule has 2 aromatic heterocycles. The maximum absolute atomic E-state index is 12.5. The molecule has 0 radical (unpaired) electrons. The topological polar surface area (TPSA) is 61.2 Å². The van der Waals surface area contributed by atoms with E-state index in [4.69, 9.17) is 4.74 Å². The van der Waals surface area contributed by atoms with Crippen molar-refractivity contribution in [1.29, 1.82) is 0 Å². The number of para-hydroxylation sites is 1. The van der Waals surface area contributed by atoms with Gasteiger partial charge in [-0.15, -0.1) is 11.3 Å². The van der Waals surface area contributed by atoms with Crippen LogP contribution in [0.4, 0.5) is 0 Å². The average molecular weight is 340 g/mol. The lowest BCUT2D eigenvalue weighted by atomic mass is 10.2. The first kappa shape index (κ1) is 16.1. The van der Waals surface area contributed by atoms with Crippen LogP contribution in [0, 0.1) is 0 Å². The molecular formula is C18H16N2O3S. The van der Waals surface area contributed by atoms with Crippen LogP contribution in [-0.4, -0.2) is 27.6 Å². The minimum absolute atomic E-state index is 0.201. The molecule has 3 rings (SSSR count). The molecule has 0 bridgehead atoms. The number of hydrogen-bond donors (Lipinski definition) is 0. The summed E-state index contributed by atoms with van der Waals surface area (Å²) in [7, 11) is 0. The Morgan fingerprint density at radius 1 is 1.17 bits per heavy atom. The van der Waals surface area contributed by atoms with Crippen LogP contribution >= 0.6 is 11.3 Å². The molecule has 24 heavy (non-hydrogen) atoms. The van der Waals surface area contributed by atoms with Gasteiger partial charge >= 0.3 is 5.97 Å². The van der Waals surface area contributed by atoms with Crippen molar-refractivity contribution in [3.63, 3.8) is 0 Å². The van der Waals surface area contributed by atoms with Crippen molar-refractivity contribution in [3.05, 3.63) is 59.6 Å². The van der Waals surface area contributed by atoms with Gasteiger partial charge in [-0.3, -0.25) is 4.79 Å². The average Bonchev–Trinajstić information content (AvgIpc) is 3.24. The Bertz CT molecular complexity index is 854. The fourth-order valence-corrected chi connectivity index (χ4v) is 2.82. The summed E-state index contributed by atoms with van der Waals surface area (Å²) in [5.41, 5.74) is 1.73. The second-order valence-electron chi connectivity index (χ2n) is 5.30. The number of Topliss-reactive ketones (excluding diaryl/α,β-unsaturated/α-hetero) is 1. The van der Waals surface area contributed by atoms with E-state index >= 15 is 0 Å². The van der Waals surface area contributed by atoms with Crippen LogP contribution in [0.15, 0.2) is 53.9 Å². The minimum Gasteiger partial charge on any atom is -0.450 e. The lowest BCUT2D eigenvalue weighted by Crippen LogP contribution is -2.23. The molecule has 0 aliphatic heterocycles. The van der Waals surface area contributed by atoms with E-state index in [1.165, 1.54) is 6.92 Å². The molecule has 5 nitrogen and oxygen atoms in total.